The van der Waals surface area contributed by atoms with Crippen LogP contribution in [0.15, 0.2) is 0 Å². The molecule has 0 spiro atoms. The number of carbonyl (C=O) groups is 10. The van der Waals surface area contributed by atoms with Gasteiger partial charge in [-0.2, -0.15) is 0 Å². The molecule has 592 valence electrons. The van der Waals surface area contributed by atoms with Crippen LogP contribution in [0.2, 0.25) is 0 Å². The molecule has 20 nitrogen and oxygen atoms in total. The lowest BCUT2D eigenvalue weighted by atomic mass is 9.79. The van der Waals surface area contributed by atoms with Crippen LogP contribution in [0.5, 0.6) is 0 Å². The molecule has 0 aromatic heterocycles. The van der Waals surface area contributed by atoms with E-state index in [-0.39, 0.29) is 247 Å². The van der Waals surface area contributed by atoms with E-state index in [1.807, 2.05) is 111 Å². The van der Waals surface area contributed by atoms with Gasteiger partial charge in [0.05, 0.1) is 57.2 Å². The lowest BCUT2D eigenvalue weighted by Gasteiger charge is -2.38. The summed E-state index contributed by atoms with van der Waals surface area (Å²) in [5, 5.41) is 0. The number of hydrogen-bond acceptors (Lipinski definition) is 20. The van der Waals surface area contributed by atoms with Crippen molar-refractivity contribution < 1.29 is 95.3 Å². The molecule has 26 unspecified atom stereocenters. The second-order valence-corrected chi connectivity index (χ2v) is 33.6. The standard InChI is InChI=1S/3C15H22O4.C14H20O4.C13H18O4.10CH4/c1-5-14(2,3)13(17)19-11-10-8-6-15(11,4)7-9(8)12(16)18-10;1-5-14(2,3)13(17)19-15(4)8-6-9-10(7-8)12(16)18-11(9)15;1-5-14(2,3)13(17)18-11-8-6-9-10(7-8)15(11,4)19-12(9)16;1-4-14(2,3)13(16)18-10-7-5-8-9(6-7)12(15)17-11(8)10;1-3-6(2)12(14)16-10-7-4-8-9(5-7)13(15)17-11(8)10;;;;;;;;;;/h3*8-11H,5-7H2,1-4H3;7-11H,4-6H2,1-3H3;6-11H,3-5H2,1-2H3;10*1H4. The molecule has 0 aromatic rings. The van der Waals surface area contributed by atoms with Gasteiger partial charge in [-0.3, -0.25) is 47.9 Å². The Hall–Kier alpha value is -5.30. The topological polar surface area (TPSA) is 263 Å². The van der Waals surface area contributed by atoms with E-state index in [2.05, 4.69) is 6.92 Å². The first-order valence-corrected chi connectivity index (χ1v) is 35.0. The molecule has 20 heteroatoms. The Labute approximate surface area is 616 Å². The molecule has 15 fully saturated rings. The van der Waals surface area contributed by atoms with Gasteiger partial charge in [0.15, 0.2) is 0 Å². The predicted molar refractivity (Wildman–Crippen MR) is 394 cm³/mol. The predicted octanol–water partition coefficient (Wildman–Crippen LogP) is 16.7. The van der Waals surface area contributed by atoms with E-state index in [1.165, 1.54) is 0 Å². The second-order valence-electron chi connectivity index (χ2n) is 33.6. The fourth-order valence-electron chi connectivity index (χ4n) is 18.6. The lowest BCUT2D eigenvalue weighted by molar-refractivity contribution is -0.188. The smallest absolute Gasteiger partial charge is 0.312 e. The van der Waals surface area contributed by atoms with Crippen LogP contribution in [0.3, 0.4) is 0 Å². The van der Waals surface area contributed by atoms with Gasteiger partial charge in [-0.1, -0.05) is 123 Å². The summed E-state index contributed by atoms with van der Waals surface area (Å²) in [4.78, 5) is 119. The average molecular weight is 1450 g/mol. The number of ether oxygens (including phenoxy) is 10. The Balaban J connectivity index is 0.000000623. The highest BCUT2D eigenvalue weighted by Gasteiger charge is 2.73. The molecule has 5 saturated heterocycles. The number of hydrogen-bond donors (Lipinski definition) is 0. The monoisotopic (exact) mass is 1450 g/mol. The molecule has 0 aromatic carbocycles. The van der Waals surface area contributed by atoms with Crippen LogP contribution in [0.4, 0.5) is 0 Å². The Bertz CT molecular complexity index is 2970. The summed E-state index contributed by atoms with van der Waals surface area (Å²) in [6.07, 6.45) is 11.1. The molecule has 15 rings (SSSR count). The maximum atomic E-state index is 12.3. The van der Waals surface area contributed by atoms with Crippen molar-refractivity contribution in [2.24, 2.45) is 116 Å². The molecule has 10 saturated carbocycles. The summed E-state index contributed by atoms with van der Waals surface area (Å²) in [5.41, 5.74) is -3.15. The third kappa shape index (κ3) is 15.6. The normalized spacial score (nSPS) is 38.8. The van der Waals surface area contributed by atoms with Crippen molar-refractivity contribution in [2.75, 3.05) is 0 Å². The summed E-state index contributed by atoms with van der Waals surface area (Å²) >= 11 is 0. The van der Waals surface area contributed by atoms with Gasteiger partial charge in [-0.15, -0.1) is 0 Å². The fraction of sp³-hybridized carbons (Fsp3) is 0.878. The van der Waals surface area contributed by atoms with Crippen molar-refractivity contribution in [3.05, 3.63) is 0 Å². The van der Waals surface area contributed by atoms with Crippen LogP contribution in [0, 0.1) is 116 Å². The lowest BCUT2D eigenvalue weighted by Crippen LogP contribution is -2.49. The molecule has 15 aliphatic rings. The van der Waals surface area contributed by atoms with Crippen molar-refractivity contribution in [1.82, 2.24) is 0 Å². The van der Waals surface area contributed by atoms with Crippen molar-refractivity contribution >= 4 is 59.7 Å². The van der Waals surface area contributed by atoms with Gasteiger partial charge in [-0.05, 0) is 166 Å². The van der Waals surface area contributed by atoms with E-state index in [1.54, 1.807) is 0 Å². The molecule has 0 amide bonds. The minimum atomic E-state index is -0.614. The van der Waals surface area contributed by atoms with Crippen LogP contribution in [0.1, 0.15) is 288 Å². The van der Waals surface area contributed by atoms with E-state index >= 15 is 0 Å². The van der Waals surface area contributed by atoms with E-state index in [4.69, 9.17) is 47.4 Å². The van der Waals surface area contributed by atoms with Gasteiger partial charge in [-0.25, -0.2) is 0 Å². The van der Waals surface area contributed by atoms with Crippen LogP contribution in [-0.4, -0.2) is 120 Å². The van der Waals surface area contributed by atoms with Gasteiger partial charge in [0.1, 0.15) is 60.0 Å². The summed E-state index contributed by atoms with van der Waals surface area (Å²) in [7, 11) is 0. The zero-order valence-electron chi connectivity index (χ0n) is 57.6. The molecular formula is C82H144O20. The van der Waals surface area contributed by atoms with Crippen LogP contribution < -0.4 is 0 Å². The SMILES string of the molecule is C.C.C.C.C.C.C.C.C.C.CCC(C)(C)C(=O)OC1(C)C2CC3C(=O)OC1C3C2.CCC(C)(C)C(=O)OC1C2CC3C(=O)OC1(C)C3C2.CCC(C)(C)C(=O)OC1C2CC3C(=O)OC1C3C2.CCC(C)(C)C(=O)OC1C2OC(=O)C3CC1(C)CC32.CCC(C)C(=O)OC1C2CC3C(=O)OC1C3C2. The summed E-state index contributed by atoms with van der Waals surface area (Å²) in [5.74, 6) is 1.58. The molecule has 102 heavy (non-hydrogen) atoms. The zero-order chi connectivity index (χ0) is 67.2. The quantitative estimate of drug-likeness (QED) is 0.109. The number of esters is 10. The fourth-order valence-corrected chi connectivity index (χ4v) is 18.6. The average Bonchev–Trinajstić information content (AvgIpc) is 1.56. The molecule has 26 atom stereocenters. The van der Waals surface area contributed by atoms with E-state index < -0.39 is 32.9 Å². The first kappa shape index (κ1) is 94.7. The first-order valence-electron chi connectivity index (χ1n) is 35.0. The molecule has 5 aliphatic heterocycles. The third-order valence-electron chi connectivity index (χ3n) is 26.6. The highest BCUT2D eigenvalue weighted by molar-refractivity contribution is 5.82. The minimum absolute atomic E-state index is 0. The Kier molecular flexibility index (Phi) is 30.9. The van der Waals surface area contributed by atoms with Gasteiger partial charge < -0.3 is 47.4 Å². The van der Waals surface area contributed by atoms with Gasteiger partial charge in [0.25, 0.3) is 0 Å². The van der Waals surface area contributed by atoms with Crippen LogP contribution in [-0.2, 0) is 95.3 Å². The summed E-state index contributed by atoms with van der Waals surface area (Å²) < 4.78 is 55.8. The van der Waals surface area contributed by atoms with E-state index in [0.29, 0.717) is 29.6 Å². The van der Waals surface area contributed by atoms with Crippen molar-refractivity contribution in [3.63, 3.8) is 0 Å². The third-order valence-corrected chi connectivity index (χ3v) is 26.6. The van der Waals surface area contributed by atoms with Crippen molar-refractivity contribution in [2.45, 2.75) is 348 Å². The minimum Gasteiger partial charge on any atom is -0.458 e. The van der Waals surface area contributed by atoms with Crippen LogP contribution >= 0.6 is 0 Å². The molecular weight excluding hydrogens is 1300 g/mol. The summed E-state index contributed by atoms with van der Waals surface area (Å²) in [6, 6.07) is 0. The molecule has 10 aliphatic carbocycles. The van der Waals surface area contributed by atoms with E-state index in [9.17, 15) is 47.9 Å². The highest BCUT2D eigenvalue weighted by atomic mass is 16.6. The molecule has 10 bridgehead atoms. The number of carbonyl (C=O) groups excluding carboxylic acids is 10. The highest BCUT2D eigenvalue weighted by Crippen LogP contribution is 2.65. The Morgan fingerprint density at radius 1 is 0.431 bits per heavy atom. The second kappa shape index (κ2) is 33.2. The van der Waals surface area contributed by atoms with Crippen LogP contribution in [0.25, 0.3) is 0 Å². The maximum Gasteiger partial charge on any atom is 0.312 e. The molecule has 5 heterocycles. The van der Waals surface area contributed by atoms with Crippen molar-refractivity contribution in [1.29, 1.82) is 0 Å². The maximum absolute atomic E-state index is 12.3. The van der Waals surface area contributed by atoms with Crippen molar-refractivity contribution in [3.8, 4) is 0 Å². The van der Waals surface area contributed by atoms with Gasteiger partial charge in [0, 0.05) is 58.7 Å². The zero-order valence-corrected chi connectivity index (χ0v) is 57.6. The number of fused-ring (bicyclic) bond motifs is 5. The van der Waals surface area contributed by atoms with Gasteiger partial charge >= 0.3 is 59.7 Å². The van der Waals surface area contributed by atoms with Gasteiger partial charge in [0.2, 0.25) is 0 Å². The number of rotatable bonds is 15. The Morgan fingerprint density at radius 2 is 0.843 bits per heavy atom. The molecule has 0 radical (unpaired) electrons. The molecule has 0 N–H and O–H groups in total. The largest absolute Gasteiger partial charge is 0.458 e. The first-order chi connectivity index (χ1) is 42.9. The van der Waals surface area contributed by atoms with E-state index in [0.717, 1.165) is 96.3 Å². The Morgan fingerprint density at radius 3 is 1.32 bits per heavy atom. The summed E-state index contributed by atoms with van der Waals surface area (Å²) in [6.45, 7) is 32.9.